The molecule has 0 spiro atoms. The summed E-state index contributed by atoms with van der Waals surface area (Å²) in [5, 5.41) is 6.93. The van der Waals surface area contributed by atoms with E-state index in [1.165, 1.54) is 10.8 Å². The Labute approximate surface area is 192 Å². The molecule has 11 nitrogen and oxygen atoms in total. The summed E-state index contributed by atoms with van der Waals surface area (Å²) in [4.78, 5) is 28.3. The van der Waals surface area contributed by atoms with Crippen LogP contribution in [0.3, 0.4) is 0 Å². The Morgan fingerprint density at radius 2 is 2.21 bits per heavy atom. The average molecular weight is 489 g/mol. The third-order valence-electron chi connectivity index (χ3n) is 4.49. The van der Waals surface area contributed by atoms with Crippen molar-refractivity contribution in [2.24, 2.45) is 0 Å². The molecule has 4 heterocycles. The second-order valence-electron chi connectivity index (χ2n) is 7.04. The van der Waals surface area contributed by atoms with E-state index in [4.69, 9.17) is 19.9 Å². The summed E-state index contributed by atoms with van der Waals surface area (Å²) in [6.45, 7) is 1.83. The van der Waals surface area contributed by atoms with Crippen LogP contribution >= 0.6 is 19.2 Å². The molecule has 4 rings (SSSR count). The zero-order valence-electron chi connectivity index (χ0n) is 17.5. The first kappa shape index (κ1) is 23.0. The second kappa shape index (κ2) is 9.77. The van der Waals surface area contributed by atoms with Gasteiger partial charge in [-0.15, -0.1) is 11.3 Å². The quantitative estimate of drug-likeness (QED) is 0.263. The van der Waals surface area contributed by atoms with Gasteiger partial charge in [0.15, 0.2) is 12.5 Å². The van der Waals surface area contributed by atoms with Crippen molar-refractivity contribution >= 4 is 25.0 Å². The monoisotopic (exact) mass is 489 g/mol. The predicted octanol–water partition coefficient (Wildman–Crippen LogP) is 1.98. The van der Waals surface area contributed by atoms with E-state index in [1.807, 2.05) is 18.4 Å². The highest BCUT2D eigenvalue weighted by Crippen LogP contribution is 2.30. The van der Waals surface area contributed by atoms with Gasteiger partial charge in [-0.3, -0.25) is 14.8 Å². The molecule has 0 aliphatic rings. The molecule has 172 valence electrons. The summed E-state index contributed by atoms with van der Waals surface area (Å²) >= 11 is 1.54. The highest BCUT2D eigenvalue weighted by atomic mass is 32.1. The van der Waals surface area contributed by atoms with Crippen LogP contribution in [0.4, 0.5) is 5.82 Å². The number of nitrogen functional groups attached to an aromatic ring is 1. The summed E-state index contributed by atoms with van der Waals surface area (Å²) in [5.41, 5.74) is 9.12. The molecule has 1 atom stereocenters. The summed E-state index contributed by atoms with van der Waals surface area (Å²) in [7, 11) is -4.88. The Balaban J connectivity index is 1.40. The maximum atomic E-state index is 10.8. The number of nitrogens with two attached hydrogens (primary N) is 1. The molecular formula is C20H20N5O6PS. The van der Waals surface area contributed by atoms with Crippen LogP contribution in [-0.4, -0.2) is 20.0 Å². The molecule has 0 aliphatic carbocycles. The first-order valence-corrected chi connectivity index (χ1v) is 12.1. The van der Waals surface area contributed by atoms with Crippen molar-refractivity contribution in [2.75, 3.05) is 5.73 Å². The van der Waals surface area contributed by atoms with E-state index >= 15 is 0 Å². The van der Waals surface area contributed by atoms with Crippen LogP contribution in [0.25, 0.3) is 11.3 Å². The molecule has 3 N–H and O–H groups in total. The maximum Gasteiger partial charge on any atom is 0.285 e. The highest BCUT2D eigenvalue weighted by molar-refractivity contribution is 7.44. The number of hydrogen-bond donors (Lipinski definition) is 2. The highest BCUT2D eigenvalue weighted by Gasteiger charge is 2.18. The molecular weight excluding hydrogens is 469 g/mol. The maximum absolute atomic E-state index is 10.8. The molecule has 4 aromatic rings. The van der Waals surface area contributed by atoms with Gasteiger partial charge in [0.25, 0.3) is 13.6 Å². The molecule has 4 aromatic heterocycles. The van der Waals surface area contributed by atoms with Crippen LogP contribution in [0.15, 0.2) is 52.6 Å². The normalized spacial score (nSPS) is 13.1. The zero-order valence-corrected chi connectivity index (χ0v) is 19.2. The van der Waals surface area contributed by atoms with Crippen molar-refractivity contribution in [1.29, 1.82) is 0 Å². The molecule has 0 aromatic carbocycles. The van der Waals surface area contributed by atoms with Gasteiger partial charge in [0.2, 0.25) is 5.88 Å². The topological polar surface area (TPSA) is 161 Å². The molecule has 0 bridgehead atoms. The van der Waals surface area contributed by atoms with Crippen molar-refractivity contribution in [2.45, 2.75) is 26.7 Å². The van der Waals surface area contributed by atoms with Crippen LogP contribution in [0.1, 0.15) is 22.0 Å². The standard InChI is InChI=1S/C20H20N5O6PS/c1-13-11-33-19(23-13)10-29-18-5-4-14(9-22-18)7-15-8-17(31-24-15)16-3-2-6-25(20(16)21)12-30-32(26,27)28/h2-6,8-9,11,21H,7,10,12H2,1H3,(H2,26,27,28). The minimum Gasteiger partial charge on any atom is -0.756 e. The number of rotatable bonds is 9. The van der Waals surface area contributed by atoms with Crippen LogP contribution in [0.5, 0.6) is 5.88 Å². The lowest BCUT2D eigenvalue weighted by atomic mass is 10.1. The molecule has 0 aliphatic heterocycles. The van der Waals surface area contributed by atoms with E-state index in [-0.39, 0.29) is 5.82 Å². The van der Waals surface area contributed by atoms with Crippen molar-refractivity contribution < 1.29 is 32.7 Å². The van der Waals surface area contributed by atoms with Gasteiger partial charge in [-0.1, -0.05) is 11.2 Å². The van der Waals surface area contributed by atoms with E-state index < -0.39 is 14.6 Å². The second-order valence-corrected chi connectivity index (χ2v) is 9.18. The number of anilines is 1. The Morgan fingerprint density at radius 3 is 2.91 bits per heavy atom. The van der Waals surface area contributed by atoms with Gasteiger partial charge in [0, 0.05) is 35.8 Å². The Morgan fingerprint density at radius 1 is 1.36 bits per heavy atom. The number of aryl methyl sites for hydroxylation is 1. The Bertz CT molecular complexity index is 1290. The fourth-order valence-electron chi connectivity index (χ4n) is 2.96. The summed E-state index contributed by atoms with van der Waals surface area (Å²) in [6.07, 6.45) is 3.69. The molecule has 33 heavy (non-hydrogen) atoms. The van der Waals surface area contributed by atoms with E-state index in [0.29, 0.717) is 35.9 Å². The van der Waals surface area contributed by atoms with Crippen LogP contribution < -0.4 is 19.9 Å². The van der Waals surface area contributed by atoms with Gasteiger partial charge >= 0.3 is 0 Å². The third-order valence-corrected chi connectivity index (χ3v) is 5.87. The molecule has 1 unspecified atom stereocenters. The predicted molar refractivity (Wildman–Crippen MR) is 116 cm³/mol. The number of aromatic nitrogens is 4. The molecule has 0 fully saturated rings. The number of thiazole rings is 1. The summed E-state index contributed by atoms with van der Waals surface area (Å²) < 4.78 is 27.6. The number of hydrogen-bond acceptors (Lipinski definition) is 10. The first-order valence-electron chi connectivity index (χ1n) is 9.68. The average Bonchev–Trinajstić information content (AvgIpc) is 3.41. The molecule has 0 amide bonds. The number of phosphoric ester groups is 1. The first-order chi connectivity index (χ1) is 15.8. The summed E-state index contributed by atoms with van der Waals surface area (Å²) in [5.74, 6) is 1.09. The van der Waals surface area contributed by atoms with Crippen molar-refractivity contribution in [1.82, 2.24) is 15.1 Å². The largest absolute Gasteiger partial charge is 0.756 e. The molecule has 0 saturated carbocycles. The number of nitrogens with zero attached hydrogens (tertiary/aromatic N) is 4. The van der Waals surface area contributed by atoms with Crippen LogP contribution in [-0.2, 0) is 28.8 Å². The van der Waals surface area contributed by atoms with Gasteiger partial charge in [-0.25, -0.2) is 14.5 Å². The Hall–Kier alpha value is -3.15. The Kier molecular flexibility index (Phi) is 6.82. The van der Waals surface area contributed by atoms with Crippen molar-refractivity contribution in [3.8, 4) is 17.2 Å². The van der Waals surface area contributed by atoms with Crippen molar-refractivity contribution in [3.63, 3.8) is 0 Å². The molecule has 13 heteroatoms. The summed E-state index contributed by atoms with van der Waals surface area (Å²) in [6, 6.07) is 8.74. The number of pyridine rings is 2. The van der Waals surface area contributed by atoms with Crippen LogP contribution in [0.2, 0.25) is 0 Å². The lowest BCUT2D eigenvalue weighted by Crippen LogP contribution is -2.38. The smallest absolute Gasteiger partial charge is 0.285 e. The lowest BCUT2D eigenvalue weighted by molar-refractivity contribution is -0.712. The van der Waals surface area contributed by atoms with Gasteiger partial charge in [-0.05, 0) is 24.6 Å². The van der Waals surface area contributed by atoms with E-state index in [2.05, 4.69) is 19.6 Å². The third kappa shape index (κ3) is 6.21. The van der Waals surface area contributed by atoms with Crippen LogP contribution in [0, 0.1) is 6.92 Å². The minimum atomic E-state index is -4.88. The minimum absolute atomic E-state index is 0.187. The van der Waals surface area contributed by atoms with Crippen molar-refractivity contribution in [3.05, 3.63) is 70.1 Å². The fraction of sp³-hybridized carbons (Fsp3) is 0.200. The lowest BCUT2D eigenvalue weighted by Gasteiger charge is -2.14. The SMILES string of the molecule is Cc1csc(COc2ccc(Cc3cc(-c4ccc[n+](COP(=O)([O-])O)c4N)on3)cn2)n1. The number of phosphoric acid groups is 1. The molecule has 0 saturated heterocycles. The van der Waals surface area contributed by atoms with Gasteiger partial charge in [0.1, 0.15) is 17.2 Å². The van der Waals surface area contributed by atoms with Gasteiger partial charge in [-0.2, -0.15) is 0 Å². The number of ether oxygens (including phenoxy) is 1. The van der Waals surface area contributed by atoms with E-state index in [9.17, 15) is 9.46 Å². The fourth-order valence-corrected chi connectivity index (χ4v) is 3.91. The van der Waals surface area contributed by atoms with E-state index in [1.54, 1.807) is 41.8 Å². The van der Waals surface area contributed by atoms with Gasteiger partial charge in [0.05, 0.1) is 11.9 Å². The van der Waals surface area contributed by atoms with E-state index in [0.717, 1.165) is 16.3 Å². The van der Waals surface area contributed by atoms with Gasteiger partial charge < -0.3 is 19.0 Å². The zero-order chi connectivity index (χ0) is 23.4. The molecule has 0 radical (unpaired) electrons.